The van der Waals surface area contributed by atoms with Crippen LogP contribution in [0.15, 0.2) is 22.7 Å². The molecular weight excluding hydrogens is 242 g/mol. The summed E-state index contributed by atoms with van der Waals surface area (Å²) in [6.45, 7) is 3.93. The van der Waals surface area contributed by atoms with Gasteiger partial charge in [0.1, 0.15) is 5.75 Å². The first-order chi connectivity index (χ1) is 6.83. The molecule has 76 valence electrons. The van der Waals surface area contributed by atoms with Crippen LogP contribution in [0.3, 0.4) is 0 Å². The van der Waals surface area contributed by atoms with Crippen molar-refractivity contribution in [2.45, 2.75) is 19.4 Å². The Balaban J connectivity index is 2.34. The molecule has 2 rings (SSSR count). The smallest absolute Gasteiger partial charge is 0.138 e. The van der Waals surface area contributed by atoms with Crippen LogP contribution in [0, 0.1) is 0 Å². The van der Waals surface area contributed by atoms with Crippen LogP contribution in [-0.4, -0.2) is 13.2 Å². The lowest BCUT2D eigenvalue weighted by molar-refractivity contribution is 0.252. The third-order valence-corrected chi connectivity index (χ3v) is 3.10. The van der Waals surface area contributed by atoms with Gasteiger partial charge in [0.15, 0.2) is 0 Å². The molecular formula is C11H14BrNO. The Morgan fingerprint density at radius 1 is 1.57 bits per heavy atom. The predicted octanol–water partition coefficient (Wildman–Crippen LogP) is 2.88. The van der Waals surface area contributed by atoms with E-state index < -0.39 is 0 Å². The van der Waals surface area contributed by atoms with Crippen molar-refractivity contribution in [3.05, 3.63) is 28.2 Å². The fourth-order valence-electron chi connectivity index (χ4n) is 1.84. The summed E-state index contributed by atoms with van der Waals surface area (Å²) in [5.74, 6) is 1.00. The van der Waals surface area contributed by atoms with E-state index in [1.807, 2.05) is 6.07 Å². The van der Waals surface area contributed by atoms with Crippen molar-refractivity contribution in [3.8, 4) is 5.75 Å². The van der Waals surface area contributed by atoms with E-state index in [4.69, 9.17) is 4.74 Å². The zero-order chi connectivity index (χ0) is 9.97. The number of para-hydroxylation sites is 1. The second kappa shape index (κ2) is 4.32. The second-order valence-electron chi connectivity index (χ2n) is 3.41. The molecule has 0 spiro atoms. The third-order valence-electron chi connectivity index (χ3n) is 2.48. The summed E-state index contributed by atoms with van der Waals surface area (Å²) >= 11 is 3.51. The van der Waals surface area contributed by atoms with Gasteiger partial charge in [-0.3, -0.25) is 0 Å². The molecule has 0 amide bonds. The lowest BCUT2D eigenvalue weighted by atomic mass is 10.0. The highest BCUT2D eigenvalue weighted by Crippen LogP contribution is 2.37. The highest BCUT2D eigenvalue weighted by atomic mass is 79.9. The van der Waals surface area contributed by atoms with Crippen molar-refractivity contribution >= 4 is 15.9 Å². The molecule has 2 nitrogen and oxygen atoms in total. The van der Waals surface area contributed by atoms with E-state index in [2.05, 4.69) is 40.3 Å². The Kier molecular flexibility index (Phi) is 3.08. The summed E-state index contributed by atoms with van der Waals surface area (Å²) in [7, 11) is 0. The van der Waals surface area contributed by atoms with Crippen LogP contribution in [0.4, 0.5) is 0 Å². The molecule has 1 aromatic rings. The highest BCUT2D eigenvalue weighted by molar-refractivity contribution is 9.10. The monoisotopic (exact) mass is 255 g/mol. The molecule has 1 unspecified atom stereocenters. The van der Waals surface area contributed by atoms with E-state index in [1.165, 1.54) is 5.56 Å². The van der Waals surface area contributed by atoms with Crippen LogP contribution in [-0.2, 0) is 0 Å². The molecule has 0 saturated heterocycles. The van der Waals surface area contributed by atoms with E-state index in [9.17, 15) is 0 Å². The van der Waals surface area contributed by atoms with Crippen LogP contribution >= 0.6 is 15.9 Å². The first-order valence-electron chi connectivity index (χ1n) is 4.97. The van der Waals surface area contributed by atoms with Gasteiger partial charge in [0.25, 0.3) is 0 Å². The minimum absolute atomic E-state index is 0.446. The summed E-state index contributed by atoms with van der Waals surface area (Å²) in [4.78, 5) is 0. The normalized spacial score (nSPS) is 20.0. The van der Waals surface area contributed by atoms with Gasteiger partial charge in [-0.2, -0.15) is 0 Å². The number of fused-ring (bicyclic) bond motifs is 1. The summed E-state index contributed by atoms with van der Waals surface area (Å²) in [5.41, 5.74) is 1.27. The lowest BCUT2D eigenvalue weighted by Crippen LogP contribution is -2.26. The van der Waals surface area contributed by atoms with E-state index in [-0.39, 0.29) is 0 Å². The van der Waals surface area contributed by atoms with Crippen molar-refractivity contribution in [1.82, 2.24) is 5.32 Å². The maximum Gasteiger partial charge on any atom is 0.138 e. The van der Waals surface area contributed by atoms with Crippen LogP contribution in [0.25, 0.3) is 0 Å². The lowest BCUT2D eigenvalue weighted by Gasteiger charge is -2.27. The first-order valence-corrected chi connectivity index (χ1v) is 5.77. The fourth-order valence-corrected chi connectivity index (χ4v) is 2.34. The van der Waals surface area contributed by atoms with Crippen molar-refractivity contribution < 1.29 is 4.74 Å². The van der Waals surface area contributed by atoms with Gasteiger partial charge in [-0.05, 0) is 28.5 Å². The molecule has 0 aromatic heterocycles. The standard InChI is InChI=1S/C11H14BrNO/c1-2-13-10-6-7-14-11-8(10)4-3-5-9(11)12/h3-5,10,13H,2,6-7H2,1H3. The van der Waals surface area contributed by atoms with Crippen LogP contribution in [0.5, 0.6) is 5.75 Å². The third kappa shape index (κ3) is 1.79. The van der Waals surface area contributed by atoms with Crippen LogP contribution in [0.2, 0.25) is 0 Å². The zero-order valence-corrected chi connectivity index (χ0v) is 9.80. The molecule has 0 bridgehead atoms. The van der Waals surface area contributed by atoms with Crippen LogP contribution < -0.4 is 10.1 Å². The number of halogens is 1. The number of hydrogen-bond donors (Lipinski definition) is 1. The SMILES string of the molecule is CCNC1CCOc2c(Br)cccc21. The molecule has 1 aromatic carbocycles. The average Bonchev–Trinajstić information content (AvgIpc) is 2.20. The van der Waals surface area contributed by atoms with Gasteiger partial charge < -0.3 is 10.1 Å². The quantitative estimate of drug-likeness (QED) is 0.878. The van der Waals surface area contributed by atoms with Gasteiger partial charge in [0, 0.05) is 18.0 Å². The number of benzene rings is 1. The molecule has 14 heavy (non-hydrogen) atoms. The average molecular weight is 256 g/mol. The summed E-state index contributed by atoms with van der Waals surface area (Å²) in [5, 5.41) is 3.47. The topological polar surface area (TPSA) is 21.3 Å². The maximum atomic E-state index is 5.64. The molecule has 1 aliphatic rings. The molecule has 1 N–H and O–H groups in total. The number of ether oxygens (including phenoxy) is 1. The second-order valence-corrected chi connectivity index (χ2v) is 4.26. The predicted molar refractivity (Wildman–Crippen MR) is 60.7 cm³/mol. The number of rotatable bonds is 2. The van der Waals surface area contributed by atoms with Gasteiger partial charge in [-0.25, -0.2) is 0 Å². The maximum absolute atomic E-state index is 5.64. The fraction of sp³-hybridized carbons (Fsp3) is 0.455. The molecule has 0 saturated carbocycles. The minimum Gasteiger partial charge on any atom is -0.492 e. The molecule has 1 heterocycles. The van der Waals surface area contributed by atoms with E-state index >= 15 is 0 Å². The highest BCUT2D eigenvalue weighted by Gasteiger charge is 2.21. The van der Waals surface area contributed by atoms with Crippen molar-refractivity contribution in [3.63, 3.8) is 0 Å². The Morgan fingerprint density at radius 2 is 2.43 bits per heavy atom. The summed E-state index contributed by atoms with van der Waals surface area (Å²) < 4.78 is 6.70. The zero-order valence-electron chi connectivity index (χ0n) is 8.22. The number of nitrogens with one attached hydrogen (secondary N) is 1. The van der Waals surface area contributed by atoms with Crippen molar-refractivity contribution in [2.24, 2.45) is 0 Å². The Hall–Kier alpha value is -0.540. The summed E-state index contributed by atoms with van der Waals surface area (Å²) in [6.07, 6.45) is 1.05. The van der Waals surface area contributed by atoms with Gasteiger partial charge in [0.2, 0.25) is 0 Å². The number of hydrogen-bond acceptors (Lipinski definition) is 2. The minimum atomic E-state index is 0.446. The van der Waals surface area contributed by atoms with E-state index in [0.29, 0.717) is 6.04 Å². The van der Waals surface area contributed by atoms with Gasteiger partial charge >= 0.3 is 0 Å². The van der Waals surface area contributed by atoms with Crippen molar-refractivity contribution in [1.29, 1.82) is 0 Å². The molecule has 1 aliphatic heterocycles. The Bertz CT molecular complexity index is 327. The van der Waals surface area contributed by atoms with Gasteiger partial charge in [0.05, 0.1) is 11.1 Å². The van der Waals surface area contributed by atoms with E-state index in [1.54, 1.807) is 0 Å². The van der Waals surface area contributed by atoms with Gasteiger partial charge in [-0.15, -0.1) is 0 Å². The Labute approximate surface area is 92.8 Å². The molecule has 0 fully saturated rings. The molecule has 3 heteroatoms. The first kappa shape index (κ1) is 9.99. The van der Waals surface area contributed by atoms with Crippen molar-refractivity contribution in [2.75, 3.05) is 13.2 Å². The largest absolute Gasteiger partial charge is 0.492 e. The molecule has 0 radical (unpaired) electrons. The van der Waals surface area contributed by atoms with Gasteiger partial charge in [-0.1, -0.05) is 19.1 Å². The molecule has 1 atom stereocenters. The van der Waals surface area contributed by atoms with E-state index in [0.717, 1.165) is 29.8 Å². The Morgan fingerprint density at radius 3 is 3.21 bits per heavy atom. The van der Waals surface area contributed by atoms with Crippen LogP contribution in [0.1, 0.15) is 24.9 Å². The molecule has 0 aliphatic carbocycles. The summed E-state index contributed by atoms with van der Waals surface area (Å²) in [6, 6.07) is 6.66.